The van der Waals surface area contributed by atoms with Crippen LogP contribution in [0.25, 0.3) is 0 Å². The Labute approximate surface area is 136 Å². The summed E-state index contributed by atoms with van der Waals surface area (Å²) in [4.78, 5) is 15.5. The molecule has 0 aliphatic rings. The van der Waals surface area contributed by atoms with Gasteiger partial charge in [0.25, 0.3) is 0 Å². The van der Waals surface area contributed by atoms with E-state index in [2.05, 4.69) is 20.9 Å². The van der Waals surface area contributed by atoms with Gasteiger partial charge in [-0.05, 0) is 25.5 Å². The minimum Gasteiger partial charge on any atom is -0.486 e. The van der Waals surface area contributed by atoms with Crippen molar-refractivity contribution in [1.82, 2.24) is 16.0 Å². The number of hydrogen-bond donors (Lipinski definition) is 3. The van der Waals surface area contributed by atoms with Gasteiger partial charge in [0.1, 0.15) is 6.10 Å². The lowest BCUT2D eigenvalue weighted by Crippen LogP contribution is -2.45. The Morgan fingerprint density at radius 2 is 2.04 bits per heavy atom. The molecule has 7 heteroatoms. The number of carbonyl (C=O) groups is 1. The van der Waals surface area contributed by atoms with Gasteiger partial charge in [0.2, 0.25) is 5.91 Å². The van der Waals surface area contributed by atoms with E-state index < -0.39 is 5.82 Å². The molecule has 0 spiro atoms. The van der Waals surface area contributed by atoms with Gasteiger partial charge >= 0.3 is 0 Å². The van der Waals surface area contributed by atoms with Crippen LogP contribution in [0.15, 0.2) is 29.3 Å². The Hall–Kier alpha value is -2.31. The molecule has 0 fully saturated rings. The summed E-state index contributed by atoms with van der Waals surface area (Å²) in [5.74, 6) is 0.212. The van der Waals surface area contributed by atoms with Crippen LogP contribution in [0.1, 0.15) is 20.3 Å². The van der Waals surface area contributed by atoms with Crippen molar-refractivity contribution in [2.45, 2.75) is 26.4 Å². The molecule has 6 nitrogen and oxygen atoms in total. The molecule has 0 aliphatic carbocycles. The number of carbonyl (C=O) groups excluding carboxylic acids is 1. The highest BCUT2D eigenvalue weighted by Gasteiger charge is 2.09. The molecule has 3 N–H and O–H groups in total. The van der Waals surface area contributed by atoms with Crippen molar-refractivity contribution in [1.29, 1.82) is 0 Å². The number of para-hydroxylation sites is 1. The number of hydrogen-bond acceptors (Lipinski definition) is 3. The molecule has 0 aliphatic heterocycles. The molecule has 0 saturated heterocycles. The number of amides is 1. The fourth-order valence-corrected chi connectivity index (χ4v) is 1.75. The van der Waals surface area contributed by atoms with Gasteiger partial charge in [0, 0.05) is 13.6 Å². The number of aliphatic imine (C=N–C) groups is 1. The van der Waals surface area contributed by atoms with Crippen molar-refractivity contribution >= 4 is 11.9 Å². The molecule has 0 aromatic heterocycles. The van der Waals surface area contributed by atoms with Crippen LogP contribution in [0.4, 0.5) is 4.39 Å². The molecule has 1 atom stereocenters. The van der Waals surface area contributed by atoms with E-state index in [-0.39, 0.29) is 24.3 Å². The lowest BCUT2D eigenvalue weighted by Gasteiger charge is -2.18. The van der Waals surface area contributed by atoms with Crippen molar-refractivity contribution in [2.75, 3.05) is 26.7 Å². The van der Waals surface area contributed by atoms with E-state index in [0.29, 0.717) is 19.0 Å². The lowest BCUT2D eigenvalue weighted by molar-refractivity contribution is -0.120. The van der Waals surface area contributed by atoms with Crippen molar-refractivity contribution in [3.8, 4) is 5.75 Å². The second kappa shape index (κ2) is 10.4. The first kappa shape index (κ1) is 18.7. The van der Waals surface area contributed by atoms with Crippen LogP contribution >= 0.6 is 0 Å². The average molecular weight is 324 g/mol. The molecular formula is C16H25FN4O2. The molecule has 1 amide bonds. The minimum atomic E-state index is -0.394. The quantitative estimate of drug-likeness (QED) is 0.497. The fourth-order valence-electron chi connectivity index (χ4n) is 1.75. The van der Waals surface area contributed by atoms with E-state index in [1.807, 2.05) is 13.8 Å². The van der Waals surface area contributed by atoms with Crippen LogP contribution < -0.4 is 20.7 Å². The van der Waals surface area contributed by atoms with E-state index in [4.69, 9.17) is 4.74 Å². The van der Waals surface area contributed by atoms with Crippen LogP contribution in [0, 0.1) is 5.82 Å². The zero-order valence-corrected chi connectivity index (χ0v) is 13.9. The van der Waals surface area contributed by atoms with Crippen molar-refractivity contribution < 1.29 is 13.9 Å². The zero-order valence-electron chi connectivity index (χ0n) is 13.9. The Morgan fingerprint density at radius 3 is 2.70 bits per heavy atom. The first-order chi connectivity index (χ1) is 11.1. The molecule has 0 bridgehead atoms. The summed E-state index contributed by atoms with van der Waals surface area (Å²) in [7, 11) is 1.61. The van der Waals surface area contributed by atoms with E-state index in [9.17, 15) is 9.18 Å². The fraction of sp³-hybridized carbons (Fsp3) is 0.500. The average Bonchev–Trinajstić information content (AvgIpc) is 2.55. The minimum absolute atomic E-state index is 0.0922. The van der Waals surface area contributed by atoms with E-state index >= 15 is 0 Å². The molecule has 23 heavy (non-hydrogen) atoms. The summed E-state index contributed by atoms with van der Waals surface area (Å²) >= 11 is 0. The Balaban J connectivity index is 2.34. The third-order valence-corrected chi connectivity index (χ3v) is 2.93. The smallest absolute Gasteiger partial charge is 0.239 e. The van der Waals surface area contributed by atoms with Gasteiger partial charge in [-0.25, -0.2) is 4.39 Å². The van der Waals surface area contributed by atoms with E-state index in [0.717, 1.165) is 6.42 Å². The Kier molecular flexibility index (Phi) is 8.49. The molecular weight excluding hydrogens is 299 g/mol. The summed E-state index contributed by atoms with van der Waals surface area (Å²) in [6.07, 6.45) is 0.628. The second-order valence-electron chi connectivity index (χ2n) is 5.02. The number of nitrogens with zero attached hydrogens (tertiary/aromatic N) is 1. The molecule has 1 aromatic carbocycles. The first-order valence-corrected chi connectivity index (χ1v) is 7.69. The monoisotopic (exact) mass is 324 g/mol. The highest BCUT2D eigenvalue weighted by molar-refractivity contribution is 5.86. The topological polar surface area (TPSA) is 74.8 Å². The Morgan fingerprint density at radius 1 is 1.30 bits per heavy atom. The predicted molar refractivity (Wildman–Crippen MR) is 89.2 cm³/mol. The maximum Gasteiger partial charge on any atom is 0.239 e. The summed E-state index contributed by atoms with van der Waals surface area (Å²) in [6, 6.07) is 6.26. The van der Waals surface area contributed by atoms with Crippen LogP contribution in [-0.4, -0.2) is 44.7 Å². The number of ether oxygens (including phenoxy) is 1. The van der Waals surface area contributed by atoms with Crippen molar-refractivity contribution in [3.05, 3.63) is 30.1 Å². The number of nitrogens with one attached hydrogen (secondary N) is 3. The van der Waals surface area contributed by atoms with Crippen LogP contribution in [0.2, 0.25) is 0 Å². The molecule has 1 aromatic rings. The van der Waals surface area contributed by atoms with E-state index in [1.165, 1.54) is 6.07 Å². The summed E-state index contributed by atoms with van der Waals surface area (Å²) in [5, 5.41) is 8.70. The summed E-state index contributed by atoms with van der Waals surface area (Å²) in [5.41, 5.74) is 0. The SMILES string of the molecule is CCCNC(=O)CNC(=NC)NCC(C)Oc1ccccc1F. The first-order valence-electron chi connectivity index (χ1n) is 7.69. The van der Waals surface area contributed by atoms with Crippen LogP contribution in [-0.2, 0) is 4.79 Å². The number of benzene rings is 1. The van der Waals surface area contributed by atoms with Gasteiger partial charge in [-0.15, -0.1) is 0 Å². The van der Waals surface area contributed by atoms with Crippen molar-refractivity contribution in [3.63, 3.8) is 0 Å². The molecule has 1 unspecified atom stereocenters. The van der Waals surface area contributed by atoms with E-state index in [1.54, 1.807) is 25.2 Å². The molecule has 128 valence electrons. The van der Waals surface area contributed by atoms with Crippen molar-refractivity contribution in [2.24, 2.45) is 4.99 Å². The summed E-state index contributed by atoms with van der Waals surface area (Å²) in [6.45, 7) is 5.03. The standard InChI is InChI=1S/C16H25FN4O2/c1-4-9-19-15(22)11-21-16(18-3)20-10-12(2)23-14-8-6-5-7-13(14)17/h5-8,12H,4,9-11H2,1-3H3,(H,19,22)(H2,18,20,21). The second-order valence-corrected chi connectivity index (χ2v) is 5.02. The zero-order chi connectivity index (χ0) is 17.1. The molecule has 0 heterocycles. The number of rotatable bonds is 8. The van der Waals surface area contributed by atoms with Gasteiger partial charge in [0.05, 0.1) is 13.1 Å². The van der Waals surface area contributed by atoms with Gasteiger partial charge in [-0.1, -0.05) is 19.1 Å². The molecule has 1 rings (SSSR count). The van der Waals surface area contributed by atoms with Gasteiger partial charge in [-0.3, -0.25) is 9.79 Å². The van der Waals surface area contributed by atoms with Crippen LogP contribution in [0.3, 0.4) is 0 Å². The highest BCUT2D eigenvalue weighted by atomic mass is 19.1. The normalized spacial score (nSPS) is 12.4. The number of halogens is 1. The van der Waals surface area contributed by atoms with Gasteiger partial charge in [-0.2, -0.15) is 0 Å². The molecule has 0 saturated carbocycles. The maximum atomic E-state index is 13.5. The largest absolute Gasteiger partial charge is 0.486 e. The third kappa shape index (κ3) is 7.49. The highest BCUT2D eigenvalue weighted by Crippen LogP contribution is 2.16. The maximum absolute atomic E-state index is 13.5. The molecule has 0 radical (unpaired) electrons. The van der Waals surface area contributed by atoms with Gasteiger partial charge < -0.3 is 20.7 Å². The predicted octanol–water partition coefficient (Wildman–Crippen LogP) is 1.28. The summed E-state index contributed by atoms with van der Waals surface area (Å²) < 4.78 is 19.0. The third-order valence-electron chi connectivity index (χ3n) is 2.93. The van der Waals surface area contributed by atoms with Crippen LogP contribution in [0.5, 0.6) is 5.75 Å². The van der Waals surface area contributed by atoms with Gasteiger partial charge in [0.15, 0.2) is 17.5 Å². The lowest BCUT2D eigenvalue weighted by atomic mass is 10.3. The number of guanidine groups is 1. The Bertz CT molecular complexity index is 523.